The van der Waals surface area contributed by atoms with Crippen molar-refractivity contribution in [3.8, 4) is 0 Å². The Bertz CT molecular complexity index is 240. The zero-order valence-corrected chi connectivity index (χ0v) is 9.13. The average molecular weight is 180 g/mol. The number of ether oxygens (including phenoxy) is 1. The largest absolute Gasteiger partial charge is 0.372 e. The van der Waals surface area contributed by atoms with Crippen molar-refractivity contribution in [2.45, 2.75) is 52.2 Å². The van der Waals surface area contributed by atoms with Gasteiger partial charge in [-0.3, -0.25) is 0 Å². The predicted octanol–water partition coefficient (Wildman–Crippen LogP) is 3.16. The molecule has 1 aliphatic heterocycles. The second kappa shape index (κ2) is 2.84. The van der Waals surface area contributed by atoms with Crippen LogP contribution in [0.2, 0.25) is 0 Å². The monoisotopic (exact) mass is 180 g/mol. The summed E-state index contributed by atoms with van der Waals surface area (Å²) in [5.41, 5.74) is 1.63. The standard InChI is InChI=1S/C12H20O/c1-8-5-6-10-7-11(8)9(2)13-12(10,3)4/h5,9-11H,6-7H2,1-4H3. The minimum atomic E-state index is 0.0904. The minimum absolute atomic E-state index is 0.0904. The van der Waals surface area contributed by atoms with Gasteiger partial charge in [0.2, 0.25) is 0 Å². The highest BCUT2D eigenvalue weighted by Gasteiger charge is 2.42. The molecule has 0 saturated carbocycles. The molecule has 2 bridgehead atoms. The topological polar surface area (TPSA) is 9.23 Å². The van der Waals surface area contributed by atoms with Gasteiger partial charge in [-0.1, -0.05) is 11.6 Å². The van der Waals surface area contributed by atoms with Crippen LogP contribution in [0.5, 0.6) is 0 Å². The Labute approximate surface area is 81.2 Å². The lowest BCUT2D eigenvalue weighted by molar-refractivity contribution is -0.156. The summed E-state index contributed by atoms with van der Waals surface area (Å²) in [5.74, 6) is 1.42. The van der Waals surface area contributed by atoms with Crippen LogP contribution in [0.4, 0.5) is 0 Å². The Kier molecular flexibility index (Phi) is 2.03. The second-order valence-electron chi connectivity index (χ2n) is 5.15. The smallest absolute Gasteiger partial charge is 0.0661 e. The van der Waals surface area contributed by atoms with E-state index in [9.17, 15) is 0 Å². The summed E-state index contributed by atoms with van der Waals surface area (Å²) < 4.78 is 6.07. The van der Waals surface area contributed by atoms with Crippen molar-refractivity contribution in [1.29, 1.82) is 0 Å². The van der Waals surface area contributed by atoms with Gasteiger partial charge in [-0.25, -0.2) is 0 Å². The van der Waals surface area contributed by atoms with Crippen molar-refractivity contribution in [3.63, 3.8) is 0 Å². The molecule has 0 aromatic rings. The Morgan fingerprint density at radius 2 is 2.15 bits per heavy atom. The first kappa shape index (κ1) is 9.26. The van der Waals surface area contributed by atoms with Gasteiger partial charge < -0.3 is 4.74 Å². The zero-order chi connectivity index (χ0) is 9.64. The van der Waals surface area contributed by atoms with Crippen LogP contribution in [0, 0.1) is 11.8 Å². The summed E-state index contributed by atoms with van der Waals surface area (Å²) in [6.07, 6.45) is 5.36. The molecule has 0 radical (unpaired) electrons. The molecule has 0 N–H and O–H groups in total. The van der Waals surface area contributed by atoms with Crippen molar-refractivity contribution in [1.82, 2.24) is 0 Å². The van der Waals surface area contributed by atoms with Crippen LogP contribution in [0.1, 0.15) is 40.5 Å². The van der Waals surface area contributed by atoms with Crippen LogP contribution < -0.4 is 0 Å². The first-order valence-electron chi connectivity index (χ1n) is 5.35. The van der Waals surface area contributed by atoms with Gasteiger partial charge in [0.05, 0.1) is 11.7 Å². The molecule has 2 aliphatic rings. The van der Waals surface area contributed by atoms with Crippen LogP contribution in [-0.4, -0.2) is 11.7 Å². The van der Waals surface area contributed by atoms with Crippen LogP contribution in [0.15, 0.2) is 11.6 Å². The maximum absolute atomic E-state index is 6.07. The molecule has 1 fully saturated rings. The molecule has 2 rings (SSSR count). The third-order valence-corrected chi connectivity index (χ3v) is 3.89. The summed E-state index contributed by atoms with van der Waals surface area (Å²) in [4.78, 5) is 0. The van der Waals surface area contributed by atoms with Gasteiger partial charge in [-0.15, -0.1) is 0 Å². The van der Waals surface area contributed by atoms with E-state index >= 15 is 0 Å². The molecule has 3 atom stereocenters. The van der Waals surface area contributed by atoms with Crippen LogP contribution in [0.3, 0.4) is 0 Å². The minimum Gasteiger partial charge on any atom is -0.372 e. The molecule has 1 nitrogen and oxygen atoms in total. The molecular formula is C12H20O. The Morgan fingerprint density at radius 3 is 2.85 bits per heavy atom. The fraction of sp³-hybridized carbons (Fsp3) is 0.833. The number of hydrogen-bond acceptors (Lipinski definition) is 1. The molecule has 0 aromatic carbocycles. The van der Waals surface area contributed by atoms with Crippen LogP contribution >= 0.6 is 0 Å². The van der Waals surface area contributed by atoms with E-state index in [-0.39, 0.29) is 5.60 Å². The van der Waals surface area contributed by atoms with Crippen molar-refractivity contribution in [2.75, 3.05) is 0 Å². The van der Waals surface area contributed by atoms with Gasteiger partial charge in [-0.05, 0) is 46.5 Å². The lowest BCUT2D eigenvalue weighted by Gasteiger charge is -2.48. The van der Waals surface area contributed by atoms with Crippen LogP contribution in [-0.2, 0) is 4.74 Å². The molecule has 0 aromatic heterocycles. The van der Waals surface area contributed by atoms with Crippen molar-refractivity contribution < 1.29 is 4.74 Å². The highest BCUT2D eigenvalue weighted by molar-refractivity contribution is 5.14. The summed E-state index contributed by atoms with van der Waals surface area (Å²) in [5, 5.41) is 0. The van der Waals surface area contributed by atoms with Gasteiger partial charge >= 0.3 is 0 Å². The maximum Gasteiger partial charge on any atom is 0.0661 e. The lowest BCUT2D eigenvalue weighted by atomic mass is 9.70. The summed E-state index contributed by atoms with van der Waals surface area (Å²) in [6, 6.07) is 0. The average Bonchev–Trinajstić information content (AvgIpc) is 2.02. The molecule has 3 unspecified atom stereocenters. The molecule has 1 heteroatoms. The van der Waals surface area contributed by atoms with E-state index in [0.29, 0.717) is 12.0 Å². The summed E-state index contributed by atoms with van der Waals surface area (Å²) in [7, 11) is 0. The normalized spacial score (nSPS) is 42.8. The first-order valence-corrected chi connectivity index (χ1v) is 5.35. The number of fused-ring (bicyclic) bond motifs is 2. The molecule has 0 spiro atoms. The maximum atomic E-state index is 6.07. The molecule has 1 heterocycles. The molecule has 1 saturated heterocycles. The third kappa shape index (κ3) is 1.43. The van der Waals surface area contributed by atoms with Gasteiger partial charge in [0.15, 0.2) is 0 Å². The van der Waals surface area contributed by atoms with Gasteiger partial charge in [0.1, 0.15) is 0 Å². The van der Waals surface area contributed by atoms with Gasteiger partial charge in [0, 0.05) is 5.92 Å². The predicted molar refractivity (Wildman–Crippen MR) is 54.6 cm³/mol. The fourth-order valence-electron chi connectivity index (χ4n) is 2.86. The first-order chi connectivity index (χ1) is 6.00. The quantitative estimate of drug-likeness (QED) is 0.520. The Balaban J connectivity index is 2.27. The van der Waals surface area contributed by atoms with E-state index in [1.54, 1.807) is 5.57 Å². The third-order valence-electron chi connectivity index (χ3n) is 3.89. The van der Waals surface area contributed by atoms with Crippen molar-refractivity contribution in [3.05, 3.63) is 11.6 Å². The fourth-order valence-corrected chi connectivity index (χ4v) is 2.86. The number of allylic oxidation sites excluding steroid dienone is 1. The highest BCUT2D eigenvalue weighted by atomic mass is 16.5. The molecule has 1 aliphatic carbocycles. The van der Waals surface area contributed by atoms with Gasteiger partial charge in [-0.2, -0.15) is 0 Å². The van der Waals surface area contributed by atoms with Gasteiger partial charge in [0.25, 0.3) is 0 Å². The second-order valence-corrected chi connectivity index (χ2v) is 5.15. The van der Waals surface area contributed by atoms with E-state index in [0.717, 1.165) is 5.92 Å². The molecule has 0 amide bonds. The van der Waals surface area contributed by atoms with Crippen molar-refractivity contribution in [2.24, 2.45) is 11.8 Å². The molecular weight excluding hydrogens is 160 g/mol. The van der Waals surface area contributed by atoms with E-state index in [4.69, 9.17) is 4.74 Å². The lowest BCUT2D eigenvalue weighted by Crippen LogP contribution is -2.48. The van der Waals surface area contributed by atoms with Crippen LogP contribution in [0.25, 0.3) is 0 Å². The summed E-state index contributed by atoms with van der Waals surface area (Å²) >= 11 is 0. The molecule has 13 heavy (non-hydrogen) atoms. The van der Waals surface area contributed by atoms with E-state index in [2.05, 4.69) is 33.8 Å². The number of hydrogen-bond donors (Lipinski definition) is 0. The molecule has 74 valence electrons. The van der Waals surface area contributed by atoms with E-state index in [1.807, 2.05) is 0 Å². The van der Waals surface area contributed by atoms with Crippen molar-refractivity contribution >= 4 is 0 Å². The number of rotatable bonds is 0. The SMILES string of the molecule is CC1=CCC2CC1C(C)OC2(C)C. The zero-order valence-electron chi connectivity index (χ0n) is 9.13. The van der Waals surface area contributed by atoms with E-state index in [1.165, 1.54) is 12.8 Å². The Hall–Kier alpha value is -0.300. The van der Waals surface area contributed by atoms with E-state index < -0.39 is 0 Å². The summed E-state index contributed by atoms with van der Waals surface area (Å²) in [6.45, 7) is 8.93. The Morgan fingerprint density at radius 1 is 1.46 bits per heavy atom. The highest BCUT2D eigenvalue weighted by Crippen LogP contribution is 2.44.